The summed E-state index contributed by atoms with van der Waals surface area (Å²) in [6, 6.07) is 0. The zero-order valence-electron chi connectivity index (χ0n) is 7.70. The van der Waals surface area contributed by atoms with E-state index in [1.165, 1.54) is 11.3 Å². The van der Waals surface area contributed by atoms with Crippen molar-refractivity contribution >= 4 is 17.3 Å². The number of thiazole rings is 1. The SMILES string of the molecule is O=C(O)Cc1cn(Cc2cncs2)nn1. The van der Waals surface area contributed by atoms with E-state index >= 15 is 0 Å². The van der Waals surface area contributed by atoms with Crippen LogP contribution >= 0.6 is 11.3 Å². The quantitative estimate of drug-likeness (QED) is 0.813. The Labute approximate surface area is 89.2 Å². The fourth-order valence-corrected chi connectivity index (χ4v) is 1.72. The molecule has 0 aliphatic carbocycles. The second kappa shape index (κ2) is 4.18. The van der Waals surface area contributed by atoms with Crippen LogP contribution in [0.15, 0.2) is 17.9 Å². The lowest BCUT2D eigenvalue weighted by Gasteiger charge is -1.93. The molecule has 78 valence electrons. The molecule has 0 aliphatic heterocycles. The first-order valence-electron chi connectivity index (χ1n) is 4.22. The first-order chi connectivity index (χ1) is 7.24. The van der Waals surface area contributed by atoms with Crippen molar-refractivity contribution in [2.24, 2.45) is 0 Å². The van der Waals surface area contributed by atoms with Gasteiger partial charge in [0.15, 0.2) is 0 Å². The van der Waals surface area contributed by atoms with Gasteiger partial charge in [-0.25, -0.2) is 4.68 Å². The topological polar surface area (TPSA) is 80.9 Å². The molecule has 0 radical (unpaired) electrons. The molecule has 0 bridgehead atoms. The Hall–Kier alpha value is -1.76. The number of aliphatic carboxylic acids is 1. The van der Waals surface area contributed by atoms with Gasteiger partial charge in [-0.2, -0.15) is 0 Å². The van der Waals surface area contributed by atoms with E-state index in [1.807, 2.05) is 0 Å². The lowest BCUT2D eigenvalue weighted by molar-refractivity contribution is -0.136. The first-order valence-corrected chi connectivity index (χ1v) is 5.10. The number of carboxylic acid groups (broad SMARTS) is 1. The lowest BCUT2D eigenvalue weighted by Crippen LogP contribution is -2.00. The number of carbonyl (C=O) groups is 1. The van der Waals surface area contributed by atoms with E-state index in [-0.39, 0.29) is 6.42 Å². The number of aromatic nitrogens is 4. The summed E-state index contributed by atoms with van der Waals surface area (Å²) >= 11 is 1.52. The maximum atomic E-state index is 10.4. The van der Waals surface area contributed by atoms with E-state index in [1.54, 1.807) is 22.6 Å². The van der Waals surface area contributed by atoms with E-state index in [0.717, 1.165) is 4.88 Å². The molecule has 0 atom stereocenters. The molecule has 2 rings (SSSR count). The standard InChI is InChI=1S/C8H8N4O2S/c13-8(14)1-6-3-12(11-10-6)4-7-2-9-5-15-7/h2-3,5H,1,4H2,(H,13,14). The van der Waals surface area contributed by atoms with Crippen molar-refractivity contribution in [3.8, 4) is 0 Å². The van der Waals surface area contributed by atoms with Crippen molar-refractivity contribution in [2.75, 3.05) is 0 Å². The van der Waals surface area contributed by atoms with Crippen LogP contribution in [0.1, 0.15) is 10.6 Å². The molecule has 0 saturated heterocycles. The number of hydrogen-bond acceptors (Lipinski definition) is 5. The zero-order chi connectivity index (χ0) is 10.7. The first kappa shape index (κ1) is 9.78. The highest BCUT2D eigenvalue weighted by Gasteiger charge is 2.06. The summed E-state index contributed by atoms with van der Waals surface area (Å²) in [5, 5.41) is 16.1. The van der Waals surface area contributed by atoms with Gasteiger partial charge in [0.1, 0.15) is 0 Å². The van der Waals surface area contributed by atoms with Crippen LogP contribution in [-0.2, 0) is 17.8 Å². The van der Waals surface area contributed by atoms with Gasteiger partial charge in [-0.3, -0.25) is 9.78 Å². The zero-order valence-corrected chi connectivity index (χ0v) is 8.52. The van der Waals surface area contributed by atoms with Gasteiger partial charge < -0.3 is 5.11 Å². The molecule has 0 saturated carbocycles. The number of carboxylic acids is 1. The monoisotopic (exact) mass is 224 g/mol. The Morgan fingerprint density at radius 2 is 2.47 bits per heavy atom. The number of rotatable bonds is 4. The molecule has 6 nitrogen and oxygen atoms in total. The minimum atomic E-state index is -0.903. The van der Waals surface area contributed by atoms with Crippen LogP contribution in [0.2, 0.25) is 0 Å². The largest absolute Gasteiger partial charge is 0.481 e. The summed E-state index contributed by atoms with van der Waals surface area (Å²) < 4.78 is 1.60. The molecule has 0 amide bonds. The van der Waals surface area contributed by atoms with Crippen LogP contribution in [-0.4, -0.2) is 31.1 Å². The predicted octanol–water partition coefficient (Wildman–Crippen LogP) is 0.410. The second-order valence-corrected chi connectivity index (χ2v) is 3.92. The molecule has 2 heterocycles. The summed E-state index contributed by atoms with van der Waals surface area (Å²) in [5.74, 6) is -0.903. The van der Waals surface area contributed by atoms with E-state index in [9.17, 15) is 4.79 Å². The fraction of sp³-hybridized carbons (Fsp3) is 0.250. The van der Waals surface area contributed by atoms with Gasteiger partial charge in [-0.05, 0) is 0 Å². The van der Waals surface area contributed by atoms with Crippen LogP contribution in [0.5, 0.6) is 0 Å². The highest BCUT2D eigenvalue weighted by Crippen LogP contribution is 2.07. The highest BCUT2D eigenvalue weighted by atomic mass is 32.1. The smallest absolute Gasteiger partial charge is 0.309 e. The molecule has 2 aromatic rings. The predicted molar refractivity (Wildman–Crippen MR) is 52.6 cm³/mol. The van der Waals surface area contributed by atoms with Crippen molar-refractivity contribution < 1.29 is 9.90 Å². The summed E-state index contributed by atoms with van der Waals surface area (Å²) in [7, 11) is 0. The Kier molecular flexibility index (Phi) is 2.72. The minimum Gasteiger partial charge on any atom is -0.481 e. The number of hydrogen-bond donors (Lipinski definition) is 1. The maximum absolute atomic E-state index is 10.4. The van der Waals surface area contributed by atoms with E-state index < -0.39 is 5.97 Å². The Bertz CT molecular complexity index is 451. The molecule has 2 aromatic heterocycles. The van der Waals surface area contributed by atoms with Crippen LogP contribution < -0.4 is 0 Å². The van der Waals surface area contributed by atoms with Gasteiger partial charge in [0.2, 0.25) is 0 Å². The third kappa shape index (κ3) is 2.59. The molecular weight excluding hydrogens is 216 g/mol. The molecule has 15 heavy (non-hydrogen) atoms. The van der Waals surface area contributed by atoms with Gasteiger partial charge in [0.25, 0.3) is 0 Å². The van der Waals surface area contributed by atoms with E-state index in [2.05, 4.69) is 15.3 Å². The van der Waals surface area contributed by atoms with Crippen molar-refractivity contribution in [2.45, 2.75) is 13.0 Å². The van der Waals surface area contributed by atoms with E-state index in [4.69, 9.17) is 5.11 Å². The minimum absolute atomic E-state index is 0.0946. The number of nitrogens with zero attached hydrogens (tertiary/aromatic N) is 4. The molecule has 0 spiro atoms. The van der Waals surface area contributed by atoms with Crippen LogP contribution in [0.25, 0.3) is 0 Å². The van der Waals surface area contributed by atoms with Gasteiger partial charge in [0.05, 0.1) is 24.2 Å². The van der Waals surface area contributed by atoms with Gasteiger partial charge in [0, 0.05) is 17.3 Å². The molecule has 0 unspecified atom stereocenters. The summed E-state index contributed by atoms with van der Waals surface area (Å²) in [6.07, 6.45) is 3.29. The van der Waals surface area contributed by atoms with Gasteiger partial charge in [-0.1, -0.05) is 5.21 Å². The average Bonchev–Trinajstić information content (AvgIpc) is 2.77. The molecule has 7 heteroatoms. The highest BCUT2D eigenvalue weighted by molar-refractivity contribution is 7.09. The Morgan fingerprint density at radius 3 is 3.13 bits per heavy atom. The third-order valence-electron chi connectivity index (χ3n) is 1.72. The lowest BCUT2D eigenvalue weighted by atomic mass is 10.3. The van der Waals surface area contributed by atoms with Crippen LogP contribution in [0.3, 0.4) is 0 Å². The van der Waals surface area contributed by atoms with Gasteiger partial charge in [-0.15, -0.1) is 16.4 Å². The molecular formula is C8H8N4O2S. The summed E-state index contributed by atoms with van der Waals surface area (Å²) in [6.45, 7) is 0.581. The maximum Gasteiger partial charge on any atom is 0.309 e. The Morgan fingerprint density at radius 1 is 1.60 bits per heavy atom. The van der Waals surface area contributed by atoms with Crippen molar-refractivity contribution in [1.29, 1.82) is 0 Å². The fourth-order valence-electron chi connectivity index (χ4n) is 1.13. The van der Waals surface area contributed by atoms with Gasteiger partial charge >= 0.3 is 5.97 Å². The molecule has 0 fully saturated rings. The van der Waals surface area contributed by atoms with Crippen molar-refractivity contribution in [3.05, 3.63) is 28.5 Å². The normalized spacial score (nSPS) is 10.4. The molecule has 1 N–H and O–H groups in total. The summed E-state index contributed by atoms with van der Waals surface area (Å²) in [5.41, 5.74) is 2.21. The van der Waals surface area contributed by atoms with Crippen LogP contribution in [0.4, 0.5) is 0 Å². The van der Waals surface area contributed by atoms with Crippen molar-refractivity contribution in [3.63, 3.8) is 0 Å². The van der Waals surface area contributed by atoms with E-state index in [0.29, 0.717) is 12.2 Å². The second-order valence-electron chi connectivity index (χ2n) is 2.95. The van der Waals surface area contributed by atoms with Crippen LogP contribution in [0, 0.1) is 0 Å². The van der Waals surface area contributed by atoms with Crippen molar-refractivity contribution in [1.82, 2.24) is 20.0 Å². The molecule has 0 aromatic carbocycles. The molecule has 0 aliphatic rings. The third-order valence-corrected chi connectivity index (χ3v) is 2.48. The summed E-state index contributed by atoms with van der Waals surface area (Å²) in [4.78, 5) is 15.4. The average molecular weight is 224 g/mol. The Balaban J connectivity index is 2.04.